The van der Waals surface area contributed by atoms with Crippen LogP contribution in [0, 0.1) is 0 Å². The van der Waals surface area contributed by atoms with Gasteiger partial charge in [-0.15, -0.1) is 0 Å². The standard InChI is InChI=1S/C24H26N4O/c1-3-17-10-7-11-18(4-2)22(17)27-23(29)21-14-25-24(26-15-21)28-13-12-19-8-5-6-9-20(19)16-28/h5-11,14-15H,3-4,12-13,16H2,1-2H3,(H,27,29). The average Bonchev–Trinajstić information content (AvgIpc) is 2.79. The van der Waals surface area contributed by atoms with Crippen LogP contribution >= 0.6 is 0 Å². The summed E-state index contributed by atoms with van der Waals surface area (Å²) in [5.74, 6) is 0.496. The highest BCUT2D eigenvalue weighted by atomic mass is 16.1. The van der Waals surface area contributed by atoms with E-state index in [9.17, 15) is 4.79 Å². The molecular weight excluding hydrogens is 360 g/mol. The molecule has 5 nitrogen and oxygen atoms in total. The molecule has 0 spiro atoms. The molecule has 1 aliphatic heterocycles. The first kappa shape index (κ1) is 19.1. The summed E-state index contributed by atoms with van der Waals surface area (Å²) in [4.78, 5) is 23.9. The fourth-order valence-electron chi connectivity index (χ4n) is 3.86. The van der Waals surface area contributed by atoms with Crippen molar-refractivity contribution in [3.63, 3.8) is 0 Å². The van der Waals surface area contributed by atoms with Gasteiger partial charge in [0.15, 0.2) is 0 Å². The Hall–Kier alpha value is -3.21. The summed E-state index contributed by atoms with van der Waals surface area (Å²) in [6, 6.07) is 14.6. The van der Waals surface area contributed by atoms with Crippen LogP contribution in [-0.2, 0) is 25.8 Å². The van der Waals surface area contributed by atoms with Crippen molar-refractivity contribution in [2.45, 2.75) is 39.7 Å². The second-order valence-electron chi connectivity index (χ2n) is 7.32. The molecule has 29 heavy (non-hydrogen) atoms. The van der Waals surface area contributed by atoms with Crippen molar-refractivity contribution < 1.29 is 4.79 Å². The summed E-state index contributed by atoms with van der Waals surface area (Å²) in [6.45, 7) is 5.87. The summed E-state index contributed by atoms with van der Waals surface area (Å²) < 4.78 is 0. The molecule has 148 valence electrons. The van der Waals surface area contributed by atoms with E-state index >= 15 is 0 Å². The van der Waals surface area contributed by atoms with Crippen LogP contribution < -0.4 is 10.2 Å². The molecule has 2 heterocycles. The number of hydrogen-bond donors (Lipinski definition) is 1. The van der Waals surface area contributed by atoms with Crippen molar-refractivity contribution in [3.05, 3.63) is 82.7 Å². The number of aryl methyl sites for hydroxylation is 2. The van der Waals surface area contributed by atoms with Crippen molar-refractivity contribution in [2.75, 3.05) is 16.8 Å². The predicted octanol–water partition coefficient (Wildman–Crippen LogP) is 4.42. The van der Waals surface area contributed by atoms with E-state index in [4.69, 9.17) is 0 Å². The molecule has 0 unspecified atom stereocenters. The number of rotatable bonds is 5. The maximum absolute atomic E-state index is 12.8. The number of fused-ring (bicyclic) bond motifs is 1. The lowest BCUT2D eigenvalue weighted by molar-refractivity contribution is 0.102. The first-order valence-corrected chi connectivity index (χ1v) is 10.3. The number of anilines is 2. The Morgan fingerprint density at radius 3 is 2.28 bits per heavy atom. The first-order chi connectivity index (χ1) is 14.2. The Morgan fingerprint density at radius 2 is 1.62 bits per heavy atom. The monoisotopic (exact) mass is 386 g/mol. The number of amides is 1. The molecule has 0 radical (unpaired) electrons. The van der Waals surface area contributed by atoms with Gasteiger partial charge in [0.05, 0.1) is 5.56 Å². The molecule has 1 amide bonds. The minimum atomic E-state index is -0.170. The van der Waals surface area contributed by atoms with E-state index in [0.717, 1.165) is 49.2 Å². The fraction of sp³-hybridized carbons (Fsp3) is 0.292. The second kappa shape index (κ2) is 8.43. The Balaban J connectivity index is 1.50. The normalized spacial score (nSPS) is 13.1. The van der Waals surface area contributed by atoms with Gasteiger partial charge in [0.25, 0.3) is 5.91 Å². The quantitative estimate of drug-likeness (QED) is 0.705. The van der Waals surface area contributed by atoms with Gasteiger partial charge in [-0.2, -0.15) is 0 Å². The van der Waals surface area contributed by atoms with Crippen LogP contribution in [0.4, 0.5) is 11.6 Å². The fourth-order valence-corrected chi connectivity index (χ4v) is 3.86. The third-order valence-corrected chi connectivity index (χ3v) is 5.55. The molecule has 0 atom stereocenters. The van der Waals surface area contributed by atoms with E-state index in [1.807, 2.05) is 6.07 Å². The smallest absolute Gasteiger partial charge is 0.258 e. The number of nitrogens with zero attached hydrogens (tertiary/aromatic N) is 3. The van der Waals surface area contributed by atoms with Crippen LogP contribution in [0.25, 0.3) is 0 Å². The Kier molecular flexibility index (Phi) is 5.56. The second-order valence-corrected chi connectivity index (χ2v) is 7.32. The lowest BCUT2D eigenvalue weighted by Gasteiger charge is -2.28. The lowest BCUT2D eigenvalue weighted by atomic mass is 10.0. The zero-order valence-electron chi connectivity index (χ0n) is 17.0. The van der Waals surface area contributed by atoms with Crippen molar-refractivity contribution in [1.82, 2.24) is 9.97 Å². The summed E-state index contributed by atoms with van der Waals surface area (Å²) in [6.07, 6.45) is 5.97. The van der Waals surface area contributed by atoms with E-state index in [1.54, 1.807) is 12.4 Å². The van der Waals surface area contributed by atoms with Gasteiger partial charge >= 0.3 is 0 Å². The predicted molar refractivity (Wildman–Crippen MR) is 116 cm³/mol. The first-order valence-electron chi connectivity index (χ1n) is 10.3. The molecule has 2 aromatic carbocycles. The SMILES string of the molecule is CCc1cccc(CC)c1NC(=O)c1cnc(N2CCc3ccccc3C2)nc1. The molecule has 4 rings (SSSR count). The highest BCUT2D eigenvalue weighted by molar-refractivity contribution is 6.04. The summed E-state index contributed by atoms with van der Waals surface area (Å²) >= 11 is 0. The zero-order valence-corrected chi connectivity index (χ0v) is 17.0. The molecule has 0 saturated carbocycles. The van der Waals surface area contributed by atoms with Crippen molar-refractivity contribution >= 4 is 17.5 Å². The number of carbonyl (C=O) groups excluding carboxylic acids is 1. The summed E-state index contributed by atoms with van der Waals surface area (Å²) in [7, 11) is 0. The highest BCUT2D eigenvalue weighted by Gasteiger charge is 2.19. The van der Waals surface area contributed by atoms with Gasteiger partial charge in [-0.3, -0.25) is 4.79 Å². The maximum Gasteiger partial charge on any atom is 0.258 e. The zero-order chi connectivity index (χ0) is 20.2. The minimum absolute atomic E-state index is 0.170. The molecule has 0 aliphatic carbocycles. The van der Waals surface area contributed by atoms with E-state index in [2.05, 4.69) is 70.4 Å². The van der Waals surface area contributed by atoms with Crippen LogP contribution in [0.2, 0.25) is 0 Å². The summed E-state index contributed by atoms with van der Waals surface area (Å²) in [5, 5.41) is 3.08. The van der Waals surface area contributed by atoms with Crippen molar-refractivity contribution in [2.24, 2.45) is 0 Å². The van der Waals surface area contributed by atoms with Crippen LogP contribution in [-0.4, -0.2) is 22.4 Å². The number of nitrogens with one attached hydrogen (secondary N) is 1. The Bertz CT molecular complexity index is 991. The number of hydrogen-bond acceptors (Lipinski definition) is 4. The van der Waals surface area contributed by atoms with Gasteiger partial charge in [0.2, 0.25) is 5.95 Å². The Morgan fingerprint density at radius 1 is 0.966 bits per heavy atom. The molecule has 1 aliphatic rings. The molecule has 1 N–H and O–H groups in total. The number of benzene rings is 2. The van der Waals surface area contributed by atoms with E-state index in [0.29, 0.717) is 11.5 Å². The number of carbonyl (C=O) groups is 1. The number of para-hydroxylation sites is 1. The average molecular weight is 386 g/mol. The topological polar surface area (TPSA) is 58.1 Å². The molecule has 3 aromatic rings. The van der Waals surface area contributed by atoms with Gasteiger partial charge < -0.3 is 10.2 Å². The molecule has 5 heteroatoms. The molecular formula is C24H26N4O. The van der Waals surface area contributed by atoms with Gasteiger partial charge in [0.1, 0.15) is 0 Å². The van der Waals surface area contributed by atoms with Crippen molar-refractivity contribution in [1.29, 1.82) is 0 Å². The molecule has 0 bridgehead atoms. The van der Waals surface area contributed by atoms with Gasteiger partial charge in [0, 0.05) is 31.2 Å². The van der Waals surface area contributed by atoms with E-state index in [1.165, 1.54) is 11.1 Å². The third kappa shape index (κ3) is 3.99. The molecule has 0 fully saturated rings. The van der Waals surface area contributed by atoms with Gasteiger partial charge in [-0.1, -0.05) is 56.3 Å². The highest BCUT2D eigenvalue weighted by Crippen LogP contribution is 2.24. The molecule has 1 aromatic heterocycles. The maximum atomic E-state index is 12.8. The van der Waals surface area contributed by atoms with Gasteiger partial charge in [-0.05, 0) is 41.5 Å². The largest absolute Gasteiger partial charge is 0.336 e. The van der Waals surface area contributed by atoms with Gasteiger partial charge in [-0.25, -0.2) is 9.97 Å². The van der Waals surface area contributed by atoms with Crippen LogP contribution in [0.5, 0.6) is 0 Å². The van der Waals surface area contributed by atoms with E-state index in [-0.39, 0.29) is 5.91 Å². The number of aromatic nitrogens is 2. The minimum Gasteiger partial charge on any atom is -0.336 e. The van der Waals surface area contributed by atoms with Crippen LogP contribution in [0.1, 0.15) is 46.5 Å². The van der Waals surface area contributed by atoms with Crippen LogP contribution in [0.15, 0.2) is 54.9 Å². The van der Waals surface area contributed by atoms with Crippen molar-refractivity contribution in [3.8, 4) is 0 Å². The molecule has 0 saturated heterocycles. The van der Waals surface area contributed by atoms with E-state index < -0.39 is 0 Å². The third-order valence-electron chi connectivity index (χ3n) is 5.55. The lowest BCUT2D eigenvalue weighted by Crippen LogP contribution is -2.31. The Labute approximate surface area is 171 Å². The summed E-state index contributed by atoms with van der Waals surface area (Å²) in [5.41, 5.74) is 6.37. The van der Waals surface area contributed by atoms with Crippen LogP contribution in [0.3, 0.4) is 0 Å².